The normalized spacial score (nSPS) is 14.0. The number of nitrogens with zero attached hydrogens (tertiary/aromatic N) is 3. The predicted molar refractivity (Wildman–Crippen MR) is 86.4 cm³/mol. The van der Waals surface area contributed by atoms with Crippen LogP contribution in [0.25, 0.3) is 5.69 Å². The Labute approximate surface area is 135 Å². The maximum Gasteiger partial charge on any atom is 0.251 e. The van der Waals surface area contributed by atoms with E-state index in [1.54, 1.807) is 27.9 Å². The molecular weight excluding hydrogens is 292 g/mol. The monoisotopic (exact) mass is 312 g/mol. The molecule has 1 aromatic heterocycles. The molecule has 1 aliphatic heterocycles. The Bertz CT molecular complexity index is 700. The molecule has 2 heterocycles. The van der Waals surface area contributed by atoms with Crippen LogP contribution in [0.1, 0.15) is 28.9 Å². The number of aromatic nitrogens is 2. The summed E-state index contributed by atoms with van der Waals surface area (Å²) in [4.78, 5) is 25.8. The number of likely N-dealkylation sites (tertiary alicyclic amines) is 1. The van der Waals surface area contributed by atoms with Crippen LogP contribution in [-0.2, 0) is 4.79 Å². The van der Waals surface area contributed by atoms with E-state index in [4.69, 9.17) is 0 Å². The fourth-order valence-electron chi connectivity index (χ4n) is 2.73. The van der Waals surface area contributed by atoms with Gasteiger partial charge in [-0.05, 0) is 50.1 Å². The number of benzene rings is 1. The van der Waals surface area contributed by atoms with Crippen molar-refractivity contribution < 1.29 is 9.59 Å². The van der Waals surface area contributed by atoms with E-state index < -0.39 is 0 Å². The molecule has 2 amide bonds. The molecule has 0 saturated carbocycles. The number of hydrogen-bond acceptors (Lipinski definition) is 3. The molecule has 1 aromatic carbocycles. The topological polar surface area (TPSA) is 67.2 Å². The lowest BCUT2D eigenvalue weighted by Crippen LogP contribution is -2.38. The Balaban J connectivity index is 1.59. The summed E-state index contributed by atoms with van der Waals surface area (Å²) < 4.78 is 1.80. The summed E-state index contributed by atoms with van der Waals surface area (Å²) in [5.74, 6) is -0.249. The number of carbonyl (C=O) groups is 2. The van der Waals surface area contributed by atoms with Crippen LogP contribution >= 0.6 is 0 Å². The van der Waals surface area contributed by atoms with Gasteiger partial charge in [-0.15, -0.1) is 0 Å². The lowest BCUT2D eigenvalue weighted by atomic mass is 10.2. The molecule has 6 heteroatoms. The van der Waals surface area contributed by atoms with Gasteiger partial charge in [0.2, 0.25) is 5.91 Å². The summed E-state index contributed by atoms with van der Waals surface area (Å²) in [6.07, 6.45) is 3.84. The van der Waals surface area contributed by atoms with Crippen LogP contribution in [0.2, 0.25) is 0 Å². The summed E-state index contributed by atoms with van der Waals surface area (Å²) in [6.45, 7) is 3.62. The van der Waals surface area contributed by atoms with E-state index in [1.165, 1.54) is 0 Å². The highest BCUT2D eigenvalue weighted by Gasteiger charge is 2.18. The van der Waals surface area contributed by atoms with Crippen LogP contribution in [0.4, 0.5) is 0 Å². The Hall–Kier alpha value is -2.63. The zero-order chi connectivity index (χ0) is 16.2. The molecule has 0 unspecified atom stereocenters. The third-order valence-electron chi connectivity index (χ3n) is 4.06. The van der Waals surface area contributed by atoms with Gasteiger partial charge in [-0.1, -0.05) is 0 Å². The van der Waals surface area contributed by atoms with Crippen molar-refractivity contribution in [2.24, 2.45) is 0 Å². The maximum atomic E-state index is 12.1. The third kappa shape index (κ3) is 3.41. The van der Waals surface area contributed by atoms with Crippen molar-refractivity contribution in [2.45, 2.75) is 19.8 Å². The number of amides is 2. The molecule has 120 valence electrons. The summed E-state index contributed by atoms with van der Waals surface area (Å²) in [7, 11) is 0. The molecule has 23 heavy (non-hydrogen) atoms. The minimum absolute atomic E-state index is 0.0142. The maximum absolute atomic E-state index is 12.1. The molecule has 1 N–H and O–H groups in total. The molecule has 1 fully saturated rings. The largest absolute Gasteiger partial charge is 0.343 e. The van der Waals surface area contributed by atoms with Crippen LogP contribution < -0.4 is 5.32 Å². The van der Waals surface area contributed by atoms with E-state index in [-0.39, 0.29) is 18.4 Å². The van der Waals surface area contributed by atoms with Crippen molar-refractivity contribution in [2.75, 3.05) is 19.6 Å². The van der Waals surface area contributed by atoms with Crippen LogP contribution in [-0.4, -0.2) is 46.1 Å². The summed E-state index contributed by atoms with van der Waals surface area (Å²) in [5.41, 5.74) is 2.46. The molecule has 2 aromatic rings. The average Bonchev–Trinajstić information content (AvgIpc) is 3.24. The third-order valence-corrected chi connectivity index (χ3v) is 4.06. The second-order valence-electron chi connectivity index (χ2n) is 5.70. The van der Waals surface area contributed by atoms with E-state index in [2.05, 4.69) is 10.4 Å². The first kappa shape index (κ1) is 15.3. The average molecular weight is 312 g/mol. The van der Waals surface area contributed by atoms with E-state index in [9.17, 15) is 9.59 Å². The molecule has 1 saturated heterocycles. The standard InChI is InChI=1S/C17H20N4O2/c1-13-8-9-19-21(13)15-6-4-14(5-7-15)17(23)18-12-16(22)20-10-2-3-11-20/h4-9H,2-3,10-12H2,1H3,(H,18,23). The van der Waals surface area contributed by atoms with E-state index in [0.29, 0.717) is 5.56 Å². The first-order valence-electron chi connectivity index (χ1n) is 7.82. The summed E-state index contributed by atoms with van der Waals surface area (Å²) >= 11 is 0. The molecule has 1 aliphatic rings. The summed E-state index contributed by atoms with van der Waals surface area (Å²) in [5, 5.41) is 6.92. The highest BCUT2D eigenvalue weighted by atomic mass is 16.2. The first-order chi connectivity index (χ1) is 11.1. The molecule has 0 aliphatic carbocycles. The van der Waals surface area contributed by atoms with E-state index >= 15 is 0 Å². The van der Waals surface area contributed by atoms with Crippen molar-refractivity contribution in [1.29, 1.82) is 0 Å². The van der Waals surface area contributed by atoms with Gasteiger partial charge in [0.1, 0.15) is 0 Å². The SMILES string of the molecule is Cc1ccnn1-c1ccc(C(=O)NCC(=O)N2CCCC2)cc1. The molecule has 6 nitrogen and oxygen atoms in total. The van der Waals surface area contributed by atoms with Crippen LogP contribution in [0.3, 0.4) is 0 Å². The van der Waals surface area contributed by atoms with Gasteiger partial charge >= 0.3 is 0 Å². The van der Waals surface area contributed by atoms with Gasteiger partial charge in [0.25, 0.3) is 5.91 Å². The Morgan fingerprint density at radius 2 is 1.83 bits per heavy atom. The number of aryl methyl sites for hydroxylation is 1. The van der Waals surface area contributed by atoms with Crippen LogP contribution in [0, 0.1) is 6.92 Å². The first-order valence-corrected chi connectivity index (χ1v) is 7.82. The van der Waals surface area contributed by atoms with Crippen molar-refractivity contribution in [1.82, 2.24) is 20.0 Å². The Morgan fingerprint density at radius 1 is 1.13 bits per heavy atom. The minimum Gasteiger partial charge on any atom is -0.343 e. The smallest absolute Gasteiger partial charge is 0.251 e. The van der Waals surface area contributed by atoms with Crippen molar-refractivity contribution in [3.8, 4) is 5.69 Å². The molecule has 0 bridgehead atoms. The lowest BCUT2D eigenvalue weighted by molar-refractivity contribution is -0.129. The fourth-order valence-corrected chi connectivity index (χ4v) is 2.73. The van der Waals surface area contributed by atoms with Gasteiger partial charge in [-0.2, -0.15) is 5.10 Å². The van der Waals surface area contributed by atoms with Crippen molar-refractivity contribution in [3.05, 3.63) is 47.8 Å². The fraction of sp³-hybridized carbons (Fsp3) is 0.353. The Kier molecular flexibility index (Phi) is 4.41. The Morgan fingerprint density at radius 3 is 2.43 bits per heavy atom. The van der Waals surface area contributed by atoms with Gasteiger partial charge < -0.3 is 10.2 Å². The zero-order valence-electron chi connectivity index (χ0n) is 13.2. The number of carbonyl (C=O) groups excluding carboxylic acids is 2. The van der Waals surface area contributed by atoms with Gasteiger partial charge in [0.15, 0.2) is 0 Å². The second-order valence-corrected chi connectivity index (χ2v) is 5.70. The molecular formula is C17H20N4O2. The highest BCUT2D eigenvalue weighted by molar-refractivity contribution is 5.96. The van der Waals surface area contributed by atoms with Crippen molar-refractivity contribution >= 4 is 11.8 Å². The second kappa shape index (κ2) is 6.64. The highest BCUT2D eigenvalue weighted by Crippen LogP contribution is 2.11. The lowest BCUT2D eigenvalue weighted by Gasteiger charge is -2.15. The predicted octanol–water partition coefficient (Wildman–Crippen LogP) is 1.53. The van der Waals surface area contributed by atoms with E-state index in [0.717, 1.165) is 37.3 Å². The zero-order valence-corrected chi connectivity index (χ0v) is 13.2. The number of rotatable bonds is 4. The van der Waals surface area contributed by atoms with Gasteiger partial charge in [-0.3, -0.25) is 9.59 Å². The van der Waals surface area contributed by atoms with Gasteiger partial charge in [0.05, 0.1) is 12.2 Å². The number of nitrogens with one attached hydrogen (secondary N) is 1. The summed E-state index contributed by atoms with van der Waals surface area (Å²) in [6, 6.07) is 9.09. The number of hydrogen-bond donors (Lipinski definition) is 1. The van der Waals surface area contributed by atoms with Gasteiger partial charge in [-0.25, -0.2) is 4.68 Å². The van der Waals surface area contributed by atoms with E-state index in [1.807, 2.05) is 25.1 Å². The molecule has 0 spiro atoms. The van der Waals surface area contributed by atoms with Crippen molar-refractivity contribution in [3.63, 3.8) is 0 Å². The van der Waals surface area contributed by atoms with Crippen LogP contribution in [0.15, 0.2) is 36.5 Å². The molecule has 0 atom stereocenters. The van der Waals surface area contributed by atoms with Crippen LogP contribution in [0.5, 0.6) is 0 Å². The van der Waals surface area contributed by atoms with Gasteiger partial charge in [0, 0.05) is 30.5 Å². The minimum atomic E-state index is -0.235. The molecule has 0 radical (unpaired) electrons. The molecule has 3 rings (SSSR count). The quantitative estimate of drug-likeness (QED) is 0.931.